The van der Waals surface area contributed by atoms with Crippen LogP contribution in [-0.2, 0) is 12.8 Å². The molecular weight excluding hydrogens is 258 g/mol. The third kappa shape index (κ3) is 2.77. The Morgan fingerprint density at radius 3 is 2.05 bits per heavy atom. The van der Waals surface area contributed by atoms with Gasteiger partial charge in [-0.05, 0) is 48.2 Å². The monoisotopic (exact) mass is 274 g/mol. The Morgan fingerprint density at radius 1 is 0.850 bits per heavy atom. The summed E-state index contributed by atoms with van der Waals surface area (Å²) >= 11 is 0. The summed E-state index contributed by atoms with van der Waals surface area (Å²) in [5.41, 5.74) is 2.98. The van der Waals surface area contributed by atoms with Gasteiger partial charge in [0.1, 0.15) is 0 Å². The molecule has 0 N–H and O–H groups in total. The van der Waals surface area contributed by atoms with Crippen molar-refractivity contribution in [2.45, 2.75) is 26.7 Å². The lowest BCUT2D eigenvalue weighted by Crippen LogP contribution is -2.04. The summed E-state index contributed by atoms with van der Waals surface area (Å²) in [6.45, 7) is 4.09. The molecular formula is C17H16F2O. The second-order valence-corrected chi connectivity index (χ2v) is 4.65. The van der Waals surface area contributed by atoms with Crippen molar-refractivity contribution in [2.75, 3.05) is 0 Å². The molecule has 0 amide bonds. The zero-order chi connectivity index (χ0) is 14.7. The first-order chi connectivity index (χ1) is 9.56. The van der Waals surface area contributed by atoms with Crippen LogP contribution in [0.5, 0.6) is 0 Å². The predicted octanol–water partition coefficient (Wildman–Crippen LogP) is 4.32. The van der Waals surface area contributed by atoms with Gasteiger partial charge in [-0.25, -0.2) is 8.78 Å². The Balaban J connectivity index is 2.40. The molecule has 0 unspecified atom stereocenters. The van der Waals surface area contributed by atoms with E-state index in [1.54, 1.807) is 6.07 Å². The van der Waals surface area contributed by atoms with Gasteiger partial charge in [-0.2, -0.15) is 0 Å². The van der Waals surface area contributed by atoms with Crippen LogP contribution in [0.1, 0.15) is 40.9 Å². The molecule has 0 heterocycles. The second-order valence-electron chi connectivity index (χ2n) is 4.65. The van der Waals surface area contributed by atoms with Gasteiger partial charge in [0, 0.05) is 11.1 Å². The Labute approximate surface area is 117 Å². The van der Waals surface area contributed by atoms with Crippen molar-refractivity contribution in [2.24, 2.45) is 0 Å². The fourth-order valence-corrected chi connectivity index (χ4v) is 2.25. The van der Waals surface area contributed by atoms with Gasteiger partial charge in [0.2, 0.25) is 0 Å². The lowest BCUT2D eigenvalue weighted by atomic mass is 9.96. The highest BCUT2D eigenvalue weighted by Crippen LogP contribution is 2.18. The molecule has 0 atom stereocenters. The molecule has 1 nitrogen and oxygen atoms in total. The summed E-state index contributed by atoms with van der Waals surface area (Å²) in [5, 5.41) is 0. The van der Waals surface area contributed by atoms with Gasteiger partial charge in [-0.15, -0.1) is 0 Å². The number of benzene rings is 2. The molecule has 0 fully saturated rings. The van der Waals surface area contributed by atoms with Crippen LogP contribution in [0.25, 0.3) is 0 Å². The predicted molar refractivity (Wildman–Crippen MR) is 75.0 cm³/mol. The van der Waals surface area contributed by atoms with Gasteiger partial charge in [0.05, 0.1) is 0 Å². The quantitative estimate of drug-likeness (QED) is 0.759. The van der Waals surface area contributed by atoms with E-state index in [0.29, 0.717) is 5.56 Å². The van der Waals surface area contributed by atoms with E-state index in [0.717, 1.165) is 30.5 Å². The highest BCUT2D eigenvalue weighted by atomic mass is 19.2. The van der Waals surface area contributed by atoms with Crippen molar-refractivity contribution >= 4 is 5.78 Å². The number of aryl methyl sites for hydroxylation is 2. The van der Waals surface area contributed by atoms with Gasteiger partial charge in [-0.3, -0.25) is 4.79 Å². The van der Waals surface area contributed by atoms with E-state index in [9.17, 15) is 13.6 Å². The van der Waals surface area contributed by atoms with Gasteiger partial charge in [-0.1, -0.05) is 26.0 Å². The minimum absolute atomic E-state index is 0.162. The number of carbonyl (C=O) groups excluding carboxylic acids is 1. The minimum atomic E-state index is -1.00. The summed E-state index contributed by atoms with van der Waals surface area (Å²) in [6, 6.07) is 8.72. The zero-order valence-electron chi connectivity index (χ0n) is 11.5. The van der Waals surface area contributed by atoms with E-state index in [1.165, 1.54) is 11.6 Å². The topological polar surface area (TPSA) is 17.1 Å². The van der Waals surface area contributed by atoms with Crippen LogP contribution < -0.4 is 0 Å². The zero-order valence-corrected chi connectivity index (χ0v) is 11.5. The summed E-state index contributed by atoms with van der Waals surface area (Å²) in [7, 11) is 0. The number of halogens is 2. The highest BCUT2D eigenvalue weighted by Gasteiger charge is 2.13. The van der Waals surface area contributed by atoms with E-state index in [4.69, 9.17) is 0 Å². The Kier molecular flexibility index (Phi) is 4.28. The second kappa shape index (κ2) is 5.95. The van der Waals surface area contributed by atoms with E-state index in [-0.39, 0.29) is 11.3 Å². The maximum atomic E-state index is 13.2. The molecule has 20 heavy (non-hydrogen) atoms. The average Bonchev–Trinajstić information content (AvgIpc) is 2.48. The number of ketones is 1. The molecule has 3 heteroatoms. The van der Waals surface area contributed by atoms with E-state index in [1.807, 2.05) is 19.1 Å². The van der Waals surface area contributed by atoms with Crippen molar-refractivity contribution in [3.8, 4) is 0 Å². The standard InChI is InChI=1S/C17H16F2O/c1-3-11-5-6-13(9-12(11)4-2)17(20)14-7-8-15(18)16(19)10-14/h5-10H,3-4H2,1-2H3. The van der Waals surface area contributed by atoms with Crippen molar-refractivity contribution in [3.05, 3.63) is 70.3 Å². The van der Waals surface area contributed by atoms with Crippen LogP contribution in [0.15, 0.2) is 36.4 Å². The van der Waals surface area contributed by atoms with Crippen molar-refractivity contribution < 1.29 is 13.6 Å². The third-order valence-corrected chi connectivity index (χ3v) is 3.41. The molecule has 0 aliphatic heterocycles. The number of rotatable bonds is 4. The Bertz CT molecular complexity index is 647. The first-order valence-electron chi connectivity index (χ1n) is 6.68. The lowest BCUT2D eigenvalue weighted by Gasteiger charge is -2.08. The fourth-order valence-electron chi connectivity index (χ4n) is 2.25. The summed E-state index contributed by atoms with van der Waals surface area (Å²) in [6.07, 6.45) is 1.74. The van der Waals surface area contributed by atoms with Crippen LogP contribution >= 0.6 is 0 Å². The van der Waals surface area contributed by atoms with E-state index < -0.39 is 11.6 Å². The SMILES string of the molecule is CCc1ccc(C(=O)c2ccc(F)c(F)c2)cc1CC. The molecule has 104 valence electrons. The van der Waals surface area contributed by atoms with Gasteiger partial charge in [0.25, 0.3) is 0 Å². The first kappa shape index (κ1) is 14.4. The molecule has 0 radical (unpaired) electrons. The molecule has 2 rings (SSSR count). The van der Waals surface area contributed by atoms with E-state index in [2.05, 4.69) is 6.92 Å². The van der Waals surface area contributed by atoms with Crippen LogP contribution in [0.4, 0.5) is 8.78 Å². The largest absolute Gasteiger partial charge is 0.289 e. The summed E-state index contributed by atoms with van der Waals surface area (Å²) in [4.78, 5) is 12.3. The smallest absolute Gasteiger partial charge is 0.193 e. The highest BCUT2D eigenvalue weighted by molar-refractivity contribution is 6.09. The molecule has 0 saturated heterocycles. The molecule has 0 aliphatic rings. The number of carbonyl (C=O) groups is 1. The molecule has 0 aliphatic carbocycles. The number of hydrogen-bond donors (Lipinski definition) is 0. The molecule has 0 aromatic heterocycles. The van der Waals surface area contributed by atoms with Gasteiger partial charge < -0.3 is 0 Å². The van der Waals surface area contributed by atoms with Crippen LogP contribution in [0.3, 0.4) is 0 Å². The summed E-state index contributed by atoms with van der Waals surface area (Å²) in [5.74, 6) is -2.24. The van der Waals surface area contributed by atoms with Crippen LogP contribution in [-0.4, -0.2) is 5.78 Å². The Morgan fingerprint density at radius 2 is 1.45 bits per heavy atom. The molecule has 0 saturated carbocycles. The maximum absolute atomic E-state index is 13.2. The molecule has 0 bridgehead atoms. The first-order valence-corrected chi connectivity index (χ1v) is 6.68. The van der Waals surface area contributed by atoms with E-state index >= 15 is 0 Å². The van der Waals surface area contributed by atoms with Gasteiger partial charge in [0.15, 0.2) is 17.4 Å². The van der Waals surface area contributed by atoms with Crippen molar-refractivity contribution in [1.29, 1.82) is 0 Å². The molecule has 0 spiro atoms. The van der Waals surface area contributed by atoms with Crippen LogP contribution in [0.2, 0.25) is 0 Å². The Hall–Kier alpha value is -2.03. The average molecular weight is 274 g/mol. The van der Waals surface area contributed by atoms with Crippen molar-refractivity contribution in [3.63, 3.8) is 0 Å². The number of hydrogen-bond acceptors (Lipinski definition) is 1. The van der Waals surface area contributed by atoms with Gasteiger partial charge >= 0.3 is 0 Å². The van der Waals surface area contributed by atoms with Crippen LogP contribution in [0, 0.1) is 11.6 Å². The lowest BCUT2D eigenvalue weighted by molar-refractivity contribution is 0.103. The molecule has 2 aromatic rings. The normalized spacial score (nSPS) is 10.6. The fraction of sp³-hybridized carbons (Fsp3) is 0.235. The minimum Gasteiger partial charge on any atom is -0.289 e. The molecule has 2 aromatic carbocycles. The van der Waals surface area contributed by atoms with Crippen molar-refractivity contribution in [1.82, 2.24) is 0 Å². The third-order valence-electron chi connectivity index (χ3n) is 3.41. The maximum Gasteiger partial charge on any atom is 0.193 e. The summed E-state index contributed by atoms with van der Waals surface area (Å²) < 4.78 is 26.1.